The maximum absolute atomic E-state index is 13.5. The molecule has 3 aromatic rings. The zero-order valence-corrected chi connectivity index (χ0v) is 18.2. The molecule has 1 aliphatic heterocycles. The fourth-order valence-corrected chi connectivity index (χ4v) is 3.47. The van der Waals surface area contributed by atoms with Gasteiger partial charge >= 0.3 is 0 Å². The number of likely N-dealkylation sites (N-methyl/N-ethyl adjacent to an activating group) is 1. The number of aryl methyl sites for hydroxylation is 2. The van der Waals surface area contributed by atoms with E-state index in [1.165, 1.54) is 11.6 Å². The molecule has 0 spiro atoms. The molecule has 0 saturated carbocycles. The molecule has 0 atom stereocenters. The van der Waals surface area contributed by atoms with E-state index in [-0.39, 0.29) is 5.82 Å². The van der Waals surface area contributed by atoms with Gasteiger partial charge in [-0.1, -0.05) is 12.1 Å². The molecule has 31 heavy (non-hydrogen) atoms. The Morgan fingerprint density at radius 2 is 1.74 bits per heavy atom. The third-order valence-electron chi connectivity index (χ3n) is 5.48. The number of nitrogens with zero attached hydrogens (tertiary/aromatic N) is 4. The first kappa shape index (κ1) is 21.2. The predicted molar refractivity (Wildman–Crippen MR) is 120 cm³/mol. The van der Waals surface area contributed by atoms with Crippen molar-refractivity contribution in [1.29, 1.82) is 0 Å². The fraction of sp³-hybridized carbons (Fsp3) is 0.333. The van der Waals surface area contributed by atoms with Gasteiger partial charge in [0.15, 0.2) is 0 Å². The van der Waals surface area contributed by atoms with Crippen LogP contribution in [-0.4, -0.2) is 53.0 Å². The Balaban J connectivity index is 1.40. The molecule has 0 bridgehead atoms. The first-order chi connectivity index (χ1) is 15.0. The van der Waals surface area contributed by atoms with E-state index >= 15 is 0 Å². The summed E-state index contributed by atoms with van der Waals surface area (Å²) >= 11 is 0. The summed E-state index contributed by atoms with van der Waals surface area (Å²) in [5.41, 5.74) is 3.53. The molecule has 2 aromatic carbocycles. The second kappa shape index (κ2) is 9.41. The zero-order chi connectivity index (χ0) is 21.8. The molecule has 1 aliphatic rings. The minimum Gasteiger partial charge on any atom is -0.439 e. The van der Waals surface area contributed by atoms with Crippen molar-refractivity contribution in [2.45, 2.75) is 20.4 Å². The van der Waals surface area contributed by atoms with Crippen LogP contribution < -0.4 is 10.1 Å². The van der Waals surface area contributed by atoms with Gasteiger partial charge < -0.3 is 15.0 Å². The number of hydrogen-bond acceptors (Lipinski definition) is 6. The lowest BCUT2D eigenvalue weighted by atomic mass is 10.2. The molecule has 0 radical (unpaired) electrons. The van der Waals surface area contributed by atoms with Gasteiger partial charge in [-0.25, -0.2) is 9.37 Å². The Kier molecular flexibility index (Phi) is 6.44. The van der Waals surface area contributed by atoms with E-state index < -0.39 is 0 Å². The molecule has 1 fully saturated rings. The lowest BCUT2D eigenvalue weighted by Crippen LogP contribution is -2.43. The Morgan fingerprint density at radius 3 is 2.45 bits per heavy atom. The van der Waals surface area contributed by atoms with Crippen molar-refractivity contribution in [2.75, 3.05) is 38.5 Å². The van der Waals surface area contributed by atoms with Crippen molar-refractivity contribution < 1.29 is 9.13 Å². The van der Waals surface area contributed by atoms with Crippen molar-refractivity contribution in [2.24, 2.45) is 0 Å². The van der Waals surface area contributed by atoms with Crippen LogP contribution in [0.2, 0.25) is 0 Å². The monoisotopic (exact) mass is 421 g/mol. The highest BCUT2D eigenvalue weighted by Crippen LogP contribution is 2.26. The van der Waals surface area contributed by atoms with Crippen LogP contribution in [0.25, 0.3) is 0 Å². The van der Waals surface area contributed by atoms with Crippen LogP contribution in [0.15, 0.2) is 48.7 Å². The highest BCUT2D eigenvalue weighted by molar-refractivity contribution is 5.54. The third-order valence-corrected chi connectivity index (χ3v) is 5.48. The summed E-state index contributed by atoms with van der Waals surface area (Å²) in [5, 5.41) is 3.23. The number of halogens is 1. The van der Waals surface area contributed by atoms with Crippen LogP contribution in [0.4, 0.5) is 16.0 Å². The van der Waals surface area contributed by atoms with Crippen LogP contribution in [0.1, 0.15) is 16.7 Å². The quantitative estimate of drug-likeness (QED) is 0.632. The van der Waals surface area contributed by atoms with E-state index in [4.69, 9.17) is 4.74 Å². The maximum Gasteiger partial charge on any atom is 0.230 e. The summed E-state index contributed by atoms with van der Waals surface area (Å²) in [6.45, 7) is 8.98. The van der Waals surface area contributed by atoms with Gasteiger partial charge in [-0.2, -0.15) is 4.98 Å². The first-order valence-corrected chi connectivity index (χ1v) is 10.5. The molecular formula is C24H28FN5O. The second-order valence-corrected chi connectivity index (χ2v) is 8.10. The van der Waals surface area contributed by atoms with Crippen molar-refractivity contribution in [3.05, 3.63) is 71.2 Å². The van der Waals surface area contributed by atoms with E-state index in [1.54, 1.807) is 25.3 Å². The van der Waals surface area contributed by atoms with Crippen molar-refractivity contribution >= 4 is 11.6 Å². The van der Waals surface area contributed by atoms with Crippen molar-refractivity contribution in [3.63, 3.8) is 0 Å². The van der Waals surface area contributed by atoms with E-state index in [9.17, 15) is 4.39 Å². The van der Waals surface area contributed by atoms with Gasteiger partial charge in [0.05, 0.1) is 0 Å². The van der Waals surface area contributed by atoms with Crippen LogP contribution in [0.5, 0.6) is 11.6 Å². The van der Waals surface area contributed by atoms with Gasteiger partial charge in [0, 0.05) is 50.2 Å². The number of benzene rings is 2. The highest BCUT2D eigenvalue weighted by Gasteiger charge is 2.14. The number of hydrogen-bond donors (Lipinski definition) is 1. The normalized spacial score (nSPS) is 15.1. The highest BCUT2D eigenvalue weighted by atomic mass is 19.1. The van der Waals surface area contributed by atoms with Crippen molar-refractivity contribution in [3.8, 4) is 11.6 Å². The number of rotatable bonds is 6. The van der Waals surface area contributed by atoms with Gasteiger partial charge in [-0.15, -0.1) is 0 Å². The largest absolute Gasteiger partial charge is 0.439 e. The summed E-state index contributed by atoms with van der Waals surface area (Å²) in [6.07, 6.45) is 1.71. The molecule has 0 amide bonds. The summed E-state index contributed by atoms with van der Waals surface area (Å²) in [5.74, 6) is 1.17. The lowest BCUT2D eigenvalue weighted by molar-refractivity contribution is 0.148. The molecule has 6 nitrogen and oxygen atoms in total. The molecule has 4 rings (SSSR count). The Morgan fingerprint density at radius 1 is 1.00 bits per heavy atom. The Bertz CT molecular complexity index is 1030. The Hall–Kier alpha value is -3.03. The maximum atomic E-state index is 13.5. The number of aromatic nitrogens is 2. The minimum atomic E-state index is -0.259. The van der Waals surface area contributed by atoms with Gasteiger partial charge in [-0.3, -0.25) is 4.90 Å². The summed E-state index contributed by atoms with van der Waals surface area (Å²) in [7, 11) is 2.17. The SMILES string of the molecule is Cc1cc(Oc2nc(Nc3ccc(CN4CCN(C)CC4)cc3)ncc2C)ccc1F. The third kappa shape index (κ3) is 5.57. The summed E-state index contributed by atoms with van der Waals surface area (Å²) in [6, 6.07) is 13.0. The zero-order valence-electron chi connectivity index (χ0n) is 18.2. The molecule has 2 heterocycles. The van der Waals surface area contributed by atoms with Crippen LogP contribution in [0, 0.1) is 19.7 Å². The van der Waals surface area contributed by atoms with E-state index in [0.717, 1.165) is 44.0 Å². The number of piperazine rings is 1. The minimum absolute atomic E-state index is 0.259. The molecule has 7 heteroatoms. The second-order valence-electron chi connectivity index (χ2n) is 8.10. The van der Waals surface area contributed by atoms with Crippen LogP contribution >= 0.6 is 0 Å². The predicted octanol–water partition coefficient (Wildman–Crippen LogP) is 4.52. The molecule has 1 N–H and O–H groups in total. The lowest BCUT2D eigenvalue weighted by Gasteiger charge is -2.32. The van der Waals surface area contributed by atoms with E-state index in [1.807, 2.05) is 19.1 Å². The topological polar surface area (TPSA) is 53.5 Å². The van der Waals surface area contributed by atoms with E-state index in [2.05, 4.69) is 44.3 Å². The molecule has 162 valence electrons. The molecule has 0 aliphatic carbocycles. The average molecular weight is 422 g/mol. The molecule has 0 unspecified atom stereocenters. The standard InChI is InChI=1S/C24H28FN5O/c1-17-14-21(8-9-22(17)25)31-23-18(2)15-26-24(28-23)27-20-6-4-19(5-7-20)16-30-12-10-29(3)11-13-30/h4-9,14-15H,10-13,16H2,1-3H3,(H,26,27,28). The summed E-state index contributed by atoms with van der Waals surface area (Å²) < 4.78 is 19.4. The molecule has 1 aromatic heterocycles. The smallest absolute Gasteiger partial charge is 0.230 e. The van der Waals surface area contributed by atoms with E-state index in [0.29, 0.717) is 23.1 Å². The first-order valence-electron chi connectivity index (χ1n) is 10.5. The molecule has 1 saturated heterocycles. The Labute approximate surface area is 182 Å². The summed E-state index contributed by atoms with van der Waals surface area (Å²) in [4.78, 5) is 13.7. The number of anilines is 2. The number of nitrogens with one attached hydrogen (secondary N) is 1. The van der Waals surface area contributed by atoms with Gasteiger partial charge in [-0.05, 0) is 62.4 Å². The fourth-order valence-electron chi connectivity index (χ4n) is 3.47. The van der Waals surface area contributed by atoms with Gasteiger partial charge in [0.25, 0.3) is 0 Å². The van der Waals surface area contributed by atoms with Gasteiger partial charge in [0.1, 0.15) is 11.6 Å². The van der Waals surface area contributed by atoms with Crippen molar-refractivity contribution in [1.82, 2.24) is 19.8 Å². The van der Waals surface area contributed by atoms with Crippen LogP contribution in [-0.2, 0) is 6.54 Å². The molecular weight excluding hydrogens is 393 g/mol. The average Bonchev–Trinajstić information content (AvgIpc) is 2.76. The van der Waals surface area contributed by atoms with Gasteiger partial charge in [0.2, 0.25) is 11.8 Å². The van der Waals surface area contributed by atoms with Crippen LogP contribution in [0.3, 0.4) is 0 Å². The number of ether oxygens (including phenoxy) is 1.